The van der Waals surface area contributed by atoms with E-state index in [2.05, 4.69) is 63.3 Å². The minimum Gasteiger partial charge on any atom is -0.497 e. The summed E-state index contributed by atoms with van der Waals surface area (Å²) in [5.41, 5.74) is 2.58. The second-order valence-corrected chi connectivity index (χ2v) is 10.0. The second kappa shape index (κ2) is 12.2. The molecule has 0 atom stereocenters. The summed E-state index contributed by atoms with van der Waals surface area (Å²) in [6, 6.07) is 13.2. The maximum absolute atomic E-state index is 12.6. The van der Waals surface area contributed by atoms with Crippen molar-refractivity contribution in [1.29, 1.82) is 0 Å². The number of anilines is 2. The molecule has 0 aliphatic carbocycles. The molecule has 3 rings (SSSR count). The van der Waals surface area contributed by atoms with E-state index < -0.39 is 0 Å². The number of carbonyl (C=O) groups is 2. The summed E-state index contributed by atoms with van der Waals surface area (Å²) in [5, 5.41) is 14.9. The maximum atomic E-state index is 12.6. The number of halogens is 1. The number of thioether (sulfide) groups is 1. The first-order chi connectivity index (χ1) is 16.3. The molecule has 0 saturated carbocycles. The lowest BCUT2D eigenvalue weighted by Crippen LogP contribution is -2.18. The molecule has 0 radical (unpaired) electrons. The standard InChI is InChI=1S/C24H28IN5O3S/c1-5-30-21(13-22(31)26-17-7-6-8-18(12-17)33-4)28-29-24(30)34-14-23(32)27-20-10-9-16(25)11-19(20)15(2)3/h6-12,15H,5,13-14H2,1-4H3,(H,26,31)(H,27,32). The summed E-state index contributed by atoms with van der Waals surface area (Å²) in [4.78, 5) is 25.2. The summed E-state index contributed by atoms with van der Waals surface area (Å²) < 4.78 is 8.17. The zero-order valence-corrected chi connectivity index (χ0v) is 22.6. The Morgan fingerprint density at radius 3 is 2.62 bits per heavy atom. The van der Waals surface area contributed by atoms with Crippen LogP contribution in [-0.4, -0.2) is 39.4 Å². The summed E-state index contributed by atoms with van der Waals surface area (Å²) in [6.45, 7) is 6.75. The zero-order chi connectivity index (χ0) is 24.7. The first kappa shape index (κ1) is 26.0. The lowest BCUT2D eigenvalue weighted by molar-refractivity contribution is -0.116. The fraction of sp³-hybridized carbons (Fsp3) is 0.333. The Morgan fingerprint density at radius 1 is 1.12 bits per heavy atom. The van der Waals surface area contributed by atoms with Gasteiger partial charge in [0, 0.05) is 27.6 Å². The minimum absolute atomic E-state index is 0.0746. The van der Waals surface area contributed by atoms with Gasteiger partial charge in [0.25, 0.3) is 0 Å². The Balaban J connectivity index is 1.61. The molecule has 0 spiro atoms. The van der Waals surface area contributed by atoms with E-state index in [4.69, 9.17) is 4.74 Å². The molecule has 8 nitrogen and oxygen atoms in total. The van der Waals surface area contributed by atoms with Crippen molar-refractivity contribution in [1.82, 2.24) is 14.8 Å². The quantitative estimate of drug-likeness (QED) is 0.255. The van der Waals surface area contributed by atoms with Gasteiger partial charge < -0.3 is 19.9 Å². The molecular weight excluding hydrogens is 565 g/mol. The molecule has 0 unspecified atom stereocenters. The predicted molar refractivity (Wildman–Crippen MR) is 144 cm³/mol. The van der Waals surface area contributed by atoms with Gasteiger partial charge in [-0.25, -0.2) is 0 Å². The van der Waals surface area contributed by atoms with Gasteiger partial charge >= 0.3 is 0 Å². The van der Waals surface area contributed by atoms with E-state index in [1.807, 2.05) is 35.8 Å². The van der Waals surface area contributed by atoms with E-state index in [-0.39, 0.29) is 24.0 Å². The first-order valence-electron chi connectivity index (χ1n) is 10.9. The van der Waals surface area contributed by atoms with Crippen molar-refractivity contribution in [3.8, 4) is 5.75 Å². The second-order valence-electron chi connectivity index (χ2n) is 7.82. The molecular formula is C24H28IN5O3S. The van der Waals surface area contributed by atoms with Gasteiger partial charge in [0.2, 0.25) is 11.8 Å². The van der Waals surface area contributed by atoms with Gasteiger partial charge in [0.05, 0.1) is 19.3 Å². The third-order valence-corrected chi connectivity index (χ3v) is 6.66. The molecule has 3 aromatic rings. The Kier molecular flexibility index (Phi) is 9.34. The van der Waals surface area contributed by atoms with Crippen LogP contribution in [0.1, 0.15) is 38.1 Å². The van der Waals surface area contributed by atoms with Crippen molar-refractivity contribution >= 4 is 57.5 Å². The number of nitrogens with one attached hydrogen (secondary N) is 2. The molecule has 2 amide bonds. The molecule has 180 valence electrons. The van der Waals surface area contributed by atoms with Crippen LogP contribution in [0.3, 0.4) is 0 Å². The van der Waals surface area contributed by atoms with Crippen molar-refractivity contribution in [2.75, 3.05) is 23.5 Å². The van der Waals surface area contributed by atoms with Gasteiger partial charge in [0.1, 0.15) is 11.6 Å². The average Bonchev–Trinajstić information content (AvgIpc) is 3.19. The molecule has 0 aliphatic heterocycles. The number of benzene rings is 2. The van der Waals surface area contributed by atoms with Gasteiger partial charge in [-0.1, -0.05) is 31.7 Å². The van der Waals surface area contributed by atoms with E-state index in [1.165, 1.54) is 11.8 Å². The Hall–Kier alpha value is -2.60. The largest absolute Gasteiger partial charge is 0.497 e. The number of rotatable bonds is 10. The maximum Gasteiger partial charge on any atom is 0.234 e. The monoisotopic (exact) mass is 593 g/mol. The number of aromatic nitrogens is 3. The smallest absolute Gasteiger partial charge is 0.234 e. The Morgan fingerprint density at radius 2 is 1.91 bits per heavy atom. The Labute approximate surface area is 217 Å². The van der Waals surface area contributed by atoms with Crippen LogP contribution >= 0.6 is 34.4 Å². The first-order valence-corrected chi connectivity index (χ1v) is 12.9. The predicted octanol–water partition coefficient (Wildman–Crippen LogP) is 4.95. The van der Waals surface area contributed by atoms with Gasteiger partial charge in [-0.05, 0) is 71.3 Å². The number of methoxy groups -OCH3 is 1. The van der Waals surface area contributed by atoms with Gasteiger partial charge in [-0.3, -0.25) is 9.59 Å². The van der Waals surface area contributed by atoms with Crippen molar-refractivity contribution in [3.63, 3.8) is 0 Å². The fourth-order valence-electron chi connectivity index (χ4n) is 3.37. The molecule has 0 fully saturated rings. The number of amides is 2. The average molecular weight is 593 g/mol. The highest BCUT2D eigenvalue weighted by Crippen LogP contribution is 2.27. The molecule has 34 heavy (non-hydrogen) atoms. The molecule has 2 aromatic carbocycles. The van der Waals surface area contributed by atoms with Crippen LogP contribution < -0.4 is 15.4 Å². The van der Waals surface area contributed by atoms with E-state index in [0.717, 1.165) is 14.8 Å². The highest BCUT2D eigenvalue weighted by Gasteiger charge is 2.17. The van der Waals surface area contributed by atoms with Crippen LogP contribution in [0.15, 0.2) is 47.6 Å². The van der Waals surface area contributed by atoms with E-state index in [9.17, 15) is 9.59 Å². The molecule has 0 aliphatic rings. The number of hydrogen-bond acceptors (Lipinski definition) is 6. The highest BCUT2D eigenvalue weighted by atomic mass is 127. The minimum atomic E-state index is -0.204. The third kappa shape index (κ3) is 6.95. The molecule has 0 saturated heterocycles. The Bertz CT molecular complexity index is 1170. The lowest BCUT2D eigenvalue weighted by atomic mass is 10.0. The van der Waals surface area contributed by atoms with Crippen LogP contribution in [0, 0.1) is 3.57 Å². The van der Waals surface area contributed by atoms with Crippen LogP contribution in [-0.2, 0) is 22.6 Å². The van der Waals surface area contributed by atoms with Crippen LogP contribution in [0.2, 0.25) is 0 Å². The normalized spacial score (nSPS) is 10.9. The fourth-order valence-corrected chi connectivity index (χ4v) is 4.70. The number of hydrogen-bond donors (Lipinski definition) is 2. The molecule has 10 heteroatoms. The summed E-state index contributed by atoms with van der Waals surface area (Å²) in [7, 11) is 1.58. The van der Waals surface area contributed by atoms with Crippen molar-refractivity contribution in [2.45, 2.75) is 44.8 Å². The van der Waals surface area contributed by atoms with E-state index in [0.29, 0.717) is 34.9 Å². The van der Waals surface area contributed by atoms with Crippen molar-refractivity contribution in [3.05, 3.63) is 57.4 Å². The highest BCUT2D eigenvalue weighted by molar-refractivity contribution is 14.1. The zero-order valence-electron chi connectivity index (χ0n) is 19.6. The van der Waals surface area contributed by atoms with Crippen molar-refractivity contribution in [2.24, 2.45) is 0 Å². The van der Waals surface area contributed by atoms with Crippen molar-refractivity contribution < 1.29 is 14.3 Å². The number of ether oxygens (including phenoxy) is 1. The van der Waals surface area contributed by atoms with Gasteiger partial charge in [-0.15, -0.1) is 10.2 Å². The number of nitrogens with zero attached hydrogens (tertiary/aromatic N) is 3. The summed E-state index contributed by atoms with van der Waals surface area (Å²) >= 11 is 3.57. The van der Waals surface area contributed by atoms with Crippen LogP contribution in [0.25, 0.3) is 0 Å². The van der Waals surface area contributed by atoms with E-state index in [1.54, 1.807) is 19.2 Å². The topological polar surface area (TPSA) is 98.1 Å². The SMILES string of the molecule is CCn1c(CC(=O)Nc2cccc(OC)c2)nnc1SCC(=O)Nc1ccc(I)cc1C(C)C. The van der Waals surface area contributed by atoms with E-state index >= 15 is 0 Å². The molecule has 1 heterocycles. The van der Waals surface area contributed by atoms with Gasteiger partial charge in [0.15, 0.2) is 5.16 Å². The summed E-state index contributed by atoms with van der Waals surface area (Å²) in [5.74, 6) is 1.38. The number of carbonyl (C=O) groups excluding carboxylic acids is 2. The summed E-state index contributed by atoms with van der Waals surface area (Å²) in [6.07, 6.45) is 0.0746. The lowest BCUT2D eigenvalue weighted by Gasteiger charge is -2.14. The molecule has 2 N–H and O–H groups in total. The third-order valence-electron chi connectivity index (χ3n) is 5.02. The van der Waals surface area contributed by atoms with Gasteiger partial charge in [-0.2, -0.15) is 0 Å². The van der Waals surface area contributed by atoms with Crippen LogP contribution in [0.5, 0.6) is 5.75 Å². The van der Waals surface area contributed by atoms with Crippen LogP contribution in [0.4, 0.5) is 11.4 Å². The molecule has 1 aromatic heterocycles. The molecule has 0 bridgehead atoms.